The maximum atomic E-state index is 4.77. The third-order valence-corrected chi connectivity index (χ3v) is 4.75. The Morgan fingerprint density at radius 1 is 1.11 bits per heavy atom. The fourth-order valence-corrected chi connectivity index (χ4v) is 3.60. The second-order valence-electron chi connectivity index (χ2n) is 5.98. The summed E-state index contributed by atoms with van der Waals surface area (Å²) < 4.78 is 4.77. The first-order chi connectivity index (χ1) is 8.83. The molecule has 4 nitrogen and oxygen atoms in total. The second-order valence-corrected chi connectivity index (χ2v) is 5.98. The largest absolute Gasteiger partial charge is 0.297 e. The van der Waals surface area contributed by atoms with Crippen LogP contribution in [0.15, 0.2) is 4.63 Å². The van der Waals surface area contributed by atoms with E-state index in [0.717, 1.165) is 29.8 Å². The van der Waals surface area contributed by atoms with Crippen molar-refractivity contribution in [3.63, 3.8) is 0 Å². The van der Waals surface area contributed by atoms with E-state index in [1.165, 1.54) is 51.6 Å². The summed E-state index contributed by atoms with van der Waals surface area (Å²) in [6, 6.07) is 0. The normalized spacial score (nSPS) is 26.8. The summed E-state index contributed by atoms with van der Waals surface area (Å²) in [7, 11) is 0. The summed E-state index contributed by atoms with van der Waals surface area (Å²) in [5.41, 5.74) is 1.95. The van der Waals surface area contributed by atoms with Gasteiger partial charge in [0.25, 0.3) is 0 Å². The smallest absolute Gasteiger partial charge is 0.122 e. The monoisotopic (exact) mass is 249 g/mol. The van der Waals surface area contributed by atoms with Crippen molar-refractivity contribution in [2.75, 3.05) is 13.1 Å². The molecule has 1 saturated carbocycles. The predicted molar refractivity (Wildman–Crippen MR) is 69.0 cm³/mol. The lowest BCUT2D eigenvalue weighted by Gasteiger charge is -2.27. The fourth-order valence-electron chi connectivity index (χ4n) is 3.60. The number of aryl methyl sites for hydroxylation is 1. The zero-order valence-corrected chi connectivity index (χ0v) is 11.3. The first-order valence-electron chi connectivity index (χ1n) is 7.33. The van der Waals surface area contributed by atoms with Gasteiger partial charge in [0, 0.05) is 13.1 Å². The van der Waals surface area contributed by atoms with Crippen LogP contribution in [-0.4, -0.2) is 28.3 Å². The third-order valence-electron chi connectivity index (χ3n) is 4.75. The highest BCUT2D eigenvalue weighted by Gasteiger charge is 2.30. The average Bonchev–Trinajstić information content (AvgIpc) is 3.02. The molecule has 0 bridgehead atoms. The van der Waals surface area contributed by atoms with E-state index in [0.29, 0.717) is 0 Å². The zero-order chi connectivity index (χ0) is 12.4. The summed E-state index contributed by atoms with van der Waals surface area (Å²) in [4.78, 5) is 2.52. The van der Waals surface area contributed by atoms with Gasteiger partial charge in [-0.3, -0.25) is 4.90 Å². The number of likely N-dealkylation sites (tertiary alicyclic amines) is 1. The average molecular weight is 249 g/mol. The van der Waals surface area contributed by atoms with Gasteiger partial charge in [-0.05, 0) is 31.7 Å². The molecule has 2 fully saturated rings. The Labute approximate surface area is 109 Å². The number of hydrogen-bond acceptors (Lipinski definition) is 4. The summed E-state index contributed by atoms with van der Waals surface area (Å²) in [5.74, 6) is 1.91. The van der Waals surface area contributed by atoms with Crippen LogP contribution >= 0.6 is 0 Å². The molecule has 2 aliphatic rings. The van der Waals surface area contributed by atoms with E-state index in [1.807, 2.05) is 6.92 Å². The Kier molecular flexibility index (Phi) is 3.64. The number of aromatic nitrogens is 2. The molecular weight excluding hydrogens is 226 g/mol. The van der Waals surface area contributed by atoms with Crippen molar-refractivity contribution in [2.24, 2.45) is 11.8 Å². The van der Waals surface area contributed by atoms with E-state index < -0.39 is 0 Å². The third kappa shape index (κ3) is 2.58. The maximum absolute atomic E-state index is 4.77. The van der Waals surface area contributed by atoms with Crippen LogP contribution in [0.5, 0.6) is 0 Å². The topological polar surface area (TPSA) is 42.2 Å². The van der Waals surface area contributed by atoms with E-state index in [4.69, 9.17) is 4.63 Å². The lowest BCUT2D eigenvalue weighted by Crippen LogP contribution is -2.24. The molecule has 0 N–H and O–H groups in total. The van der Waals surface area contributed by atoms with Crippen LogP contribution in [0.4, 0.5) is 0 Å². The molecule has 18 heavy (non-hydrogen) atoms. The number of hydrogen-bond donors (Lipinski definition) is 0. The molecule has 4 heteroatoms. The fraction of sp³-hybridized carbons (Fsp3) is 0.857. The molecule has 1 saturated heterocycles. The molecule has 0 spiro atoms. The van der Waals surface area contributed by atoms with Crippen LogP contribution < -0.4 is 0 Å². The molecule has 2 heterocycles. The van der Waals surface area contributed by atoms with Crippen molar-refractivity contribution in [1.29, 1.82) is 0 Å². The zero-order valence-electron chi connectivity index (χ0n) is 11.3. The minimum Gasteiger partial charge on any atom is -0.297 e. The van der Waals surface area contributed by atoms with E-state index in [9.17, 15) is 0 Å². The Hall–Kier alpha value is -0.900. The van der Waals surface area contributed by atoms with Crippen LogP contribution in [0, 0.1) is 18.8 Å². The van der Waals surface area contributed by atoms with Gasteiger partial charge < -0.3 is 0 Å². The first-order valence-corrected chi connectivity index (χ1v) is 7.33. The Balaban J connectivity index is 1.53. The molecular formula is C14H23N3O. The van der Waals surface area contributed by atoms with Crippen molar-refractivity contribution in [2.45, 2.75) is 52.0 Å². The standard InChI is InChI=1S/C14H23N3O/c1-11-14(16-18-15-11)10-17-8-7-13(9-17)12-5-3-2-4-6-12/h12-13H,2-10H2,1H3/t13-/m0/s1. The van der Waals surface area contributed by atoms with E-state index in [1.54, 1.807) is 0 Å². The summed E-state index contributed by atoms with van der Waals surface area (Å²) in [6.07, 6.45) is 8.65. The van der Waals surface area contributed by atoms with Crippen molar-refractivity contribution >= 4 is 0 Å². The number of nitrogens with zero attached hydrogens (tertiary/aromatic N) is 3. The van der Waals surface area contributed by atoms with E-state index in [-0.39, 0.29) is 0 Å². The molecule has 3 rings (SSSR count). The van der Waals surface area contributed by atoms with Crippen molar-refractivity contribution in [1.82, 2.24) is 15.2 Å². The predicted octanol–water partition coefficient (Wildman–Crippen LogP) is 2.78. The molecule has 1 atom stereocenters. The Morgan fingerprint density at radius 3 is 2.67 bits per heavy atom. The van der Waals surface area contributed by atoms with Crippen LogP contribution in [0.1, 0.15) is 49.9 Å². The van der Waals surface area contributed by atoms with Gasteiger partial charge in [0.1, 0.15) is 11.4 Å². The van der Waals surface area contributed by atoms with Crippen molar-refractivity contribution < 1.29 is 4.63 Å². The van der Waals surface area contributed by atoms with Gasteiger partial charge >= 0.3 is 0 Å². The van der Waals surface area contributed by atoms with E-state index in [2.05, 4.69) is 15.2 Å². The van der Waals surface area contributed by atoms with Gasteiger partial charge in [-0.2, -0.15) is 0 Å². The minimum absolute atomic E-state index is 0.915. The summed E-state index contributed by atoms with van der Waals surface area (Å²) in [5, 5.41) is 7.84. The van der Waals surface area contributed by atoms with Gasteiger partial charge in [0.05, 0.1) is 0 Å². The lowest BCUT2D eigenvalue weighted by atomic mass is 9.80. The highest BCUT2D eigenvalue weighted by Crippen LogP contribution is 2.35. The van der Waals surface area contributed by atoms with E-state index >= 15 is 0 Å². The van der Waals surface area contributed by atoms with Gasteiger partial charge in [-0.15, -0.1) is 0 Å². The van der Waals surface area contributed by atoms with Crippen LogP contribution in [-0.2, 0) is 6.54 Å². The molecule has 1 aliphatic heterocycles. The summed E-state index contributed by atoms with van der Waals surface area (Å²) in [6.45, 7) is 5.35. The first kappa shape index (κ1) is 12.2. The van der Waals surface area contributed by atoms with Gasteiger partial charge in [0.15, 0.2) is 0 Å². The Morgan fingerprint density at radius 2 is 1.94 bits per heavy atom. The van der Waals surface area contributed by atoms with Gasteiger partial charge in [-0.1, -0.05) is 42.4 Å². The van der Waals surface area contributed by atoms with Crippen LogP contribution in [0.2, 0.25) is 0 Å². The molecule has 0 radical (unpaired) electrons. The molecule has 0 amide bonds. The van der Waals surface area contributed by atoms with Crippen LogP contribution in [0.25, 0.3) is 0 Å². The molecule has 1 aliphatic carbocycles. The minimum atomic E-state index is 0.915. The molecule has 0 unspecified atom stereocenters. The Bertz CT molecular complexity index is 384. The second kappa shape index (κ2) is 5.39. The SMILES string of the molecule is Cc1nonc1CN1CC[C@H](C2CCCCC2)C1. The number of rotatable bonds is 3. The highest BCUT2D eigenvalue weighted by atomic mass is 16.6. The highest BCUT2D eigenvalue weighted by molar-refractivity contribution is 5.04. The van der Waals surface area contributed by atoms with Crippen molar-refractivity contribution in [3.05, 3.63) is 11.4 Å². The molecule has 0 aromatic carbocycles. The molecule has 1 aromatic rings. The maximum Gasteiger partial charge on any atom is 0.122 e. The molecule has 1 aromatic heterocycles. The lowest BCUT2D eigenvalue weighted by molar-refractivity contribution is 0.230. The summed E-state index contributed by atoms with van der Waals surface area (Å²) >= 11 is 0. The quantitative estimate of drug-likeness (QED) is 0.826. The van der Waals surface area contributed by atoms with Crippen molar-refractivity contribution in [3.8, 4) is 0 Å². The van der Waals surface area contributed by atoms with Crippen LogP contribution in [0.3, 0.4) is 0 Å². The van der Waals surface area contributed by atoms with Gasteiger partial charge in [-0.25, -0.2) is 4.63 Å². The van der Waals surface area contributed by atoms with Gasteiger partial charge in [0.2, 0.25) is 0 Å². The molecule has 100 valence electrons.